The Kier molecular flexibility index (Phi) is 5.71. The summed E-state index contributed by atoms with van der Waals surface area (Å²) in [6.07, 6.45) is -4.85. The van der Waals surface area contributed by atoms with E-state index in [9.17, 15) is 26.4 Å². The molecule has 0 bridgehead atoms. The Morgan fingerprint density at radius 1 is 1.14 bits per heavy atom. The van der Waals surface area contributed by atoms with Crippen molar-refractivity contribution in [3.8, 4) is 11.5 Å². The smallest absolute Gasteiger partial charge is 0.417 e. The summed E-state index contributed by atoms with van der Waals surface area (Å²) in [6, 6.07) is 7.50. The van der Waals surface area contributed by atoms with Gasteiger partial charge in [-0.3, -0.25) is 4.79 Å². The molecule has 0 aliphatic carbocycles. The highest BCUT2D eigenvalue weighted by atomic mass is 32.2. The molecule has 1 aliphatic heterocycles. The number of nitrogens with one attached hydrogen (secondary N) is 2. The number of amides is 1. The van der Waals surface area contributed by atoms with Gasteiger partial charge in [0, 0.05) is 6.54 Å². The molecule has 0 saturated heterocycles. The van der Waals surface area contributed by atoms with E-state index >= 15 is 0 Å². The highest BCUT2D eigenvalue weighted by molar-refractivity contribution is 7.89. The minimum absolute atomic E-state index is 0.0701. The van der Waals surface area contributed by atoms with Crippen molar-refractivity contribution in [3.63, 3.8) is 0 Å². The number of alkyl halides is 3. The second kappa shape index (κ2) is 7.91. The number of sulfonamides is 1. The molecule has 156 valence electrons. The van der Waals surface area contributed by atoms with E-state index < -0.39 is 38.6 Å². The maximum atomic E-state index is 13.1. The third kappa shape index (κ3) is 4.80. The van der Waals surface area contributed by atoms with E-state index in [1.807, 2.05) is 4.72 Å². The van der Waals surface area contributed by atoms with Gasteiger partial charge in [-0.1, -0.05) is 18.2 Å². The zero-order valence-corrected chi connectivity index (χ0v) is 15.9. The van der Waals surface area contributed by atoms with Crippen LogP contribution >= 0.6 is 0 Å². The Balaban J connectivity index is 1.66. The molecule has 11 heteroatoms. The molecule has 2 aromatic carbocycles. The van der Waals surface area contributed by atoms with Crippen LogP contribution in [0.2, 0.25) is 0 Å². The molecule has 0 aromatic heterocycles. The topological polar surface area (TPSA) is 93.7 Å². The lowest BCUT2D eigenvalue weighted by Gasteiger charge is -2.17. The van der Waals surface area contributed by atoms with Gasteiger partial charge in [0.25, 0.3) is 0 Å². The Morgan fingerprint density at radius 2 is 1.83 bits per heavy atom. The summed E-state index contributed by atoms with van der Waals surface area (Å²) in [7, 11) is -4.58. The molecule has 1 unspecified atom stereocenters. The number of carbonyl (C=O) groups excluding carboxylic acids is 1. The number of hydrogen-bond donors (Lipinski definition) is 2. The van der Waals surface area contributed by atoms with Gasteiger partial charge in [-0.05, 0) is 36.8 Å². The first-order valence-electron chi connectivity index (χ1n) is 8.43. The molecule has 1 aliphatic rings. The van der Waals surface area contributed by atoms with Gasteiger partial charge < -0.3 is 14.8 Å². The summed E-state index contributed by atoms with van der Waals surface area (Å²) in [5.74, 6) is 0.398. The average molecular weight is 430 g/mol. The van der Waals surface area contributed by atoms with Crippen LogP contribution in [0.4, 0.5) is 13.2 Å². The van der Waals surface area contributed by atoms with E-state index in [2.05, 4.69) is 5.32 Å². The first-order chi connectivity index (χ1) is 13.6. The molecule has 0 radical (unpaired) electrons. The van der Waals surface area contributed by atoms with Crippen molar-refractivity contribution in [2.45, 2.75) is 30.6 Å². The zero-order valence-electron chi connectivity index (χ0n) is 15.1. The molecule has 0 saturated carbocycles. The summed E-state index contributed by atoms with van der Waals surface area (Å²) >= 11 is 0. The van der Waals surface area contributed by atoms with Crippen molar-refractivity contribution in [1.29, 1.82) is 0 Å². The van der Waals surface area contributed by atoms with E-state index in [4.69, 9.17) is 9.47 Å². The normalized spacial score (nSPS) is 14.5. The molecule has 29 heavy (non-hydrogen) atoms. The minimum atomic E-state index is -4.85. The maximum Gasteiger partial charge on any atom is 0.417 e. The van der Waals surface area contributed by atoms with E-state index in [0.29, 0.717) is 23.1 Å². The molecule has 0 spiro atoms. The second-order valence-corrected chi connectivity index (χ2v) is 7.92. The summed E-state index contributed by atoms with van der Waals surface area (Å²) in [5.41, 5.74) is -0.624. The van der Waals surface area contributed by atoms with Gasteiger partial charge >= 0.3 is 6.18 Å². The van der Waals surface area contributed by atoms with Crippen molar-refractivity contribution in [2.75, 3.05) is 6.79 Å². The van der Waals surface area contributed by atoms with E-state index in [0.717, 1.165) is 12.1 Å². The molecule has 3 rings (SSSR count). The molecule has 1 atom stereocenters. The zero-order chi connectivity index (χ0) is 21.2. The predicted octanol–water partition coefficient (Wildman–Crippen LogP) is 2.42. The third-order valence-corrected chi connectivity index (χ3v) is 5.71. The summed E-state index contributed by atoms with van der Waals surface area (Å²) in [5, 5.41) is 2.52. The lowest BCUT2D eigenvalue weighted by molar-refractivity contribution is -0.139. The Morgan fingerprint density at radius 3 is 2.55 bits per heavy atom. The van der Waals surface area contributed by atoms with Crippen LogP contribution in [0, 0.1) is 0 Å². The van der Waals surface area contributed by atoms with Crippen LogP contribution in [-0.2, 0) is 27.5 Å². The summed E-state index contributed by atoms with van der Waals surface area (Å²) in [4.78, 5) is 11.3. The lowest BCUT2D eigenvalue weighted by atomic mass is 10.2. The largest absolute Gasteiger partial charge is 0.454 e. The van der Waals surface area contributed by atoms with E-state index in [1.165, 1.54) is 13.0 Å². The predicted molar refractivity (Wildman–Crippen MR) is 95.6 cm³/mol. The van der Waals surface area contributed by atoms with Crippen molar-refractivity contribution < 1.29 is 35.9 Å². The molecule has 7 nitrogen and oxygen atoms in total. The van der Waals surface area contributed by atoms with Gasteiger partial charge in [-0.25, -0.2) is 8.42 Å². The van der Waals surface area contributed by atoms with Gasteiger partial charge in [0.1, 0.15) is 0 Å². The van der Waals surface area contributed by atoms with Crippen molar-refractivity contribution in [1.82, 2.24) is 10.0 Å². The van der Waals surface area contributed by atoms with Gasteiger partial charge in [0.15, 0.2) is 11.5 Å². The second-order valence-electron chi connectivity index (χ2n) is 6.24. The van der Waals surface area contributed by atoms with Gasteiger partial charge in [0.05, 0.1) is 16.5 Å². The Bertz CT molecular complexity index is 1020. The van der Waals surface area contributed by atoms with Crippen LogP contribution in [0.15, 0.2) is 47.4 Å². The highest BCUT2D eigenvalue weighted by Crippen LogP contribution is 2.34. The SMILES string of the molecule is CC(NS(=O)(=O)c1ccccc1C(F)(F)F)C(=O)NCc1ccc2c(c1)OCO2. The Hall–Kier alpha value is -2.79. The first-order valence-corrected chi connectivity index (χ1v) is 9.91. The number of carbonyl (C=O) groups is 1. The number of rotatable bonds is 6. The van der Waals surface area contributed by atoms with Crippen LogP contribution < -0.4 is 19.5 Å². The van der Waals surface area contributed by atoms with Gasteiger partial charge in [-0.15, -0.1) is 0 Å². The quantitative estimate of drug-likeness (QED) is 0.734. The lowest BCUT2D eigenvalue weighted by Crippen LogP contribution is -2.44. The molecule has 1 amide bonds. The fourth-order valence-corrected chi connectivity index (χ4v) is 4.11. The maximum absolute atomic E-state index is 13.1. The Labute approximate surface area is 164 Å². The number of hydrogen-bond acceptors (Lipinski definition) is 5. The van der Waals surface area contributed by atoms with Crippen molar-refractivity contribution in [3.05, 3.63) is 53.6 Å². The molecule has 1 heterocycles. The van der Waals surface area contributed by atoms with Crippen LogP contribution in [0.5, 0.6) is 11.5 Å². The fraction of sp³-hybridized carbons (Fsp3) is 0.278. The fourth-order valence-electron chi connectivity index (χ4n) is 2.68. The van der Waals surface area contributed by atoms with Gasteiger partial charge in [0.2, 0.25) is 22.7 Å². The van der Waals surface area contributed by atoms with Crippen LogP contribution in [0.1, 0.15) is 18.1 Å². The standard InChI is InChI=1S/C18H17F3N2O5S/c1-11(17(24)22-9-12-6-7-14-15(8-12)28-10-27-14)23-29(25,26)16-5-3-2-4-13(16)18(19,20)21/h2-8,11,23H,9-10H2,1H3,(H,22,24). The number of benzene rings is 2. The van der Waals surface area contributed by atoms with E-state index in [-0.39, 0.29) is 13.3 Å². The molecule has 2 aromatic rings. The molecule has 2 N–H and O–H groups in total. The molecular formula is C18H17F3N2O5S. The van der Waals surface area contributed by atoms with Crippen molar-refractivity contribution in [2.24, 2.45) is 0 Å². The number of fused-ring (bicyclic) bond motifs is 1. The summed E-state index contributed by atoms with van der Waals surface area (Å²) < 4.78 is 76.4. The molecular weight excluding hydrogens is 413 g/mol. The van der Waals surface area contributed by atoms with Crippen LogP contribution in [0.3, 0.4) is 0 Å². The average Bonchev–Trinajstić information content (AvgIpc) is 3.13. The van der Waals surface area contributed by atoms with E-state index in [1.54, 1.807) is 18.2 Å². The summed E-state index contributed by atoms with van der Waals surface area (Å²) in [6.45, 7) is 1.41. The van der Waals surface area contributed by atoms with Crippen LogP contribution in [0.25, 0.3) is 0 Å². The number of halogens is 3. The highest BCUT2D eigenvalue weighted by Gasteiger charge is 2.37. The monoisotopic (exact) mass is 430 g/mol. The molecule has 0 fully saturated rings. The first kappa shape index (κ1) is 20.9. The van der Waals surface area contributed by atoms with Gasteiger partial charge in [-0.2, -0.15) is 17.9 Å². The van der Waals surface area contributed by atoms with Crippen molar-refractivity contribution >= 4 is 15.9 Å². The minimum Gasteiger partial charge on any atom is -0.454 e. The number of ether oxygens (including phenoxy) is 2. The van der Waals surface area contributed by atoms with Crippen LogP contribution in [-0.4, -0.2) is 27.2 Å². The third-order valence-electron chi connectivity index (χ3n) is 4.11.